The molecule has 2 aliphatic carbocycles. The summed E-state index contributed by atoms with van der Waals surface area (Å²) in [4.78, 5) is 23.9. The van der Waals surface area contributed by atoms with E-state index < -0.39 is 23.0 Å². The third kappa shape index (κ3) is 5.21. The Kier molecular flexibility index (Phi) is 7.45. The van der Waals surface area contributed by atoms with Crippen molar-refractivity contribution < 1.29 is 18.7 Å². The van der Waals surface area contributed by atoms with Crippen molar-refractivity contribution in [3.8, 4) is 5.75 Å². The molecule has 5 unspecified atom stereocenters. The van der Waals surface area contributed by atoms with E-state index in [-0.39, 0.29) is 24.3 Å². The monoisotopic (exact) mass is 489 g/mol. The quantitative estimate of drug-likeness (QED) is 0.508. The molecule has 0 saturated heterocycles. The Morgan fingerprint density at radius 1 is 1.24 bits per heavy atom. The molecule has 1 aromatic heterocycles. The number of hydrogen-bond donors (Lipinski definition) is 2. The molecule has 1 aromatic carbocycles. The smallest absolute Gasteiger partial charge is 0.318 e. The minimum atomic E-state index is -0.882. The van der Waals surface area contributed by atoms with Gasteiger partial charge in [0, 0.05) is 6.04 Å². The standard InChI is InChI=1S/C24H32FN5O3S/c1-13(2)21(22(31)27-23(26)32)34-24-29-28-20(12-33-19-7-5-4-6-18(19)25)30(24)14(3)17-11-15-8-9-16(17)10-15/h4-7,13-17,21H,8-12H2,1-3H3,(H3,26,27,31,32). The van der Waals surface area contributed by atoms with Crippen molar-refractivity contribution in [2.75, 3.05) is 0 Å². The molecule has 0 radical (unpaired) electrons. The first-order chi connectivity index (χ1) is 16.2. The van der Waals surface area contributed by atoms with Gasteiger partial charge < -0.3 is 10.5 Å². The summed E-state index contributed by atoms with van der Waals surface area (Å²) < 4.78 is 21.9. The minimum Gasteiger partial charge on any atom is -0.483 e. The molecule has 2 aliphatic rings. The molecule has 2 aromatic rings. The third-order valence-corrected chi connectivity index (χ3v) is 8.59. The lowest BCUT2D eigenvalue weighted by Gasteiger charge is -2.31. The summed E-state index contributed by atoms with van der Waals surface area (Å²) in [6, 6.07) is 5.47. The Hall–Kier alpha value is -2.62. The number of primary amides is 1. The maximum atomic E-state index is 14.1. The fourth-order valence-corrected chi connectivity index (χ4v) is 6.61. The lowest BCUT2D eigenvalue weighted by Crippen LogP contribution is -2.42. The largest absolute Gasteiger partial charge is 0.483 e. The van der Waals surface area contributed by atoms with Gasteiger partial charge in [-0.15, -0.1) is 10.2 Å². The minimum absolute atomic E-state index is 0.0550. The summed E-state index contributed by atoms with van der Waals surface area (Å²) in [5.41, 5.74) is 5.17. The average Bonchev–Trinajstić information content (AvgIpc) is 3.51. The van der Waals surface area contributed by atoms with Crippen LogP contribution >= 0.6 is 11.8 Å². The molecule has 34 heavy (non-hydrogen) atoms. The van der Waals surface area contributed by atoms with E-state index in [0.29, 0.717) is 22.8 Å². The number of aromatic nitrogens is 3. The number of para-hydroxylation sites is 1. The molecule has 2 saturated carbocycles. The van der Waals surface area contributed by atoms with Gasteiger partial charge in [-0.1, -0.05) is 44.2 Å². The number of thioether (sulfide) groups is 1. The molecule has 2 fully saturated rings. The van der Waals surface area contributed by atoms with Gasteiger partial charge >= 0.3 is 6.03 Å². The molecule has 3 N–H and O–H groups in total. The predicted octanol–water partition coefficient (Wildman–Crippen LogP) is 4.31. The number of hydrogen-bond acceptors (Lipinski definition) is 6. The third-order valence-electron chi connectivity index (χ3n) is 7.09. The maximum Gasteiger partial charge on any atom is 0.318 e. The van der Waals surface area contributed by atoms with Crippen molar-refractivity contribution in [3.63, 3.8) is 0 Å². The zero-order valence-electron chi connectivity index (χ0n) is 19.7. The number of amides is 3. The molecule has 3 amide bonds. The number of nitrogens with two attached hydrogens (primary N) is 1. The van der Waals surface area contributed by atoms with E-state index in [2.05, 4.69) is 22.4 Å². The Morgan fingerprint density at radius 3 is 2.62 bits per heavy atom. The molecular weight excluding hydrogens is 457 g/mol. The Labute approximate surface area is 203 Å². The van der Waals surface area contributed by atoms with Crippen LogP contribution in [0.4, 0.5) is 9.18 Å². The summed E-state index contributed by atoms with van der Waals surface area (Å²) >= 11 is 1.27. The van der Waals surface area contributed by atoms with Crippen LogP contribution in [0.25, 0.3) is 0 Å². The van der Waals surface area contributed by atoms with E-state index in [4.69, 9.17) is 10.5 Å². The van der Waals surface area contributed by atoms with Crippen molar-refractivity contribution >= 4 is 23.7 Å². The SMILES string of the molecule is CC(C)C(Sc1nnc(COc2ccccc2F)n1C(C)C1CC2CCC1C2)C(=O)NC(N)=O. The first-order valence-corrected chi connectivity index (χ1v) is 12.7. The fraction of sp³-hybridized carbons (Fsp3) is 0.583. The molecule has 10 heteroatoms. The van der Waals surface area contributed by atoms with Gasteiger partial charge in [-0.3, -0.25) is 14.7 Å². The van der Waals surface area contributed by atoms with Crippen molar-refractivity contribution in [3.05, 3.63) is 35.9 Å². The number of imide groups is 1. The summed E-state index contributed by atoms with van der Waals surface area (Å²) in [5.74, 6) is 1.68. The second-order valence-electron chi connectivity index (χ2n) is 9.70. The van der Waals surface area contributed by atoms with E-state index in [1.165, 1.54) is 37.1 Å². The van der Waals surface area contributed by atoms with Crippen LogP contribution in [0.1, 0.15) is 58.3 Å². The molecule has 1 heterocycles. The number of nitrogens with one attached hydrogen (secondary N) is 1. The van der Waals surface area contributed by atoms with Crippen LogP contribution in [0.3, 0.4) is 0 Å². The molecule has 5 atom stereocenters. The number of ether oxygens (including phenoxy) is 1. The van der Waals surface area contributed by atoms with E-state index >= 15 is 0 Å². The number of rotatable bonds is 9. The number of nitrogens with zero attached hydrogens (tertiary/aromatic N) is 3. The molecule has 4 rings (SSSR count). The second-order valence-corrected chi connectivity index (χ2v) is 10.8. The highest BCUT2D eigenvalue weighted by Crippen LogP contribution is 2.52. The topological polar surface area (TPSA) is 112 Å². The zero-order chi connectivity index (χ0) is 24.4. The molecule has 8 nitrogen and oxygen atoms in total. The summed E-state index contributed by atoms with van der Waals surface area (Å²) in [7, 11) is 0. The van der Waals surface area contributed by atoms with Crippen LogP contribution in [0.5, 0.6) is 5.75 Å². The Morgan fingerprint density at radius 2 is 2.00 bits per heavy atom. The lowest BCUT2D eigenvalue weighted by atomic mass is 9.84. The highest BCUT2D eigenvalue weighted by atomic mass is 32.2. The first-order valence-electron chi connectivity index (χ1n) is 11.8. The van der Waals surface area contributed by atoms with Gasteiger partial charge in [-0.25, -0.2) is 9.18 Å². The number of fused-ring (bicyclic) bond motifs is 2. The Bertz CT molecular complexity index is 1050. The van der Waals surface area contributed by atoms with Crippen LogP contribution in [-0.2, 0) is 11.4 Å². The molecule has 0 spiro atoms. The maximum absolute atomic E-state index is 14.1. The van der Waals surface area contributed by atoms with E-state index in [1.807, 2.05) is 18.4 Å². The van der Waals surface area contributed by atoms with Crippen molar-refractivity contribution in [1.29, 1.82) is 0 Å². The highest BCUT2D eigenvalue weighted by molar-refractivity contribution is 8.00. The normalized spacial score (nSPS) is 23.1. The van der Waals surface area contributed by atoms with Crippen LogP contribution in [0.15, 0.2) is 29.4 Å². The van der Waals surface area contributed by atoms with E-state index in [9.17, 15) is 14.0 Å². The van der Waals surface area contributed by atoms with E-state index in [0.717, 1.165) is 12.3 Å². The van der Waals surface area contributed by atoms with Crippen LogP contribution in [0, 0.1) is 29.5 Å². The Balaban J connectivity index is 1.62. The van der Waals surface area contributed by atoms with Gasteiger partial charge in [0.25, 0.3) is 0 Å². The highest BCUT2D eigenvalue weighted by Gasteiger charge is 2.43. The van der Waals surface area contributed by atoms with Gasteiger partial charge in [-0.05, 0) is 62.0 Å². The van der Waals surface area contributed by atoms with Crippen LogP contribution < -0.4 is 15.8 Å². The average molecular weight is 490 g/mol. The van der Waals surface area contributed by atoms with Gasteiger partial charge in [0.05, 0.1) is 5.25 Å². The summed E-state index contributed by atoms with van der Waals surface area (Å²) in [6.07, 6.45) is 4.96. The predicted molar refractivity (Wildman–Crippen MR) is 127 cm³/mol. The molecular formula is C24H32FN5O3S. The van der Waals surface area contributed by atoms with Gasteiger partial charge in [0.1, 0.15) is 6.61 Å². The van der Waals surface area contributed by atoms with Crippen molar-refractivity contribution in [1.82, 2.24) is 20.1 Å². The zero-order valence-corrected chi connectivity index (χ0v) is 20.6. The number of halogens is 1. The van der Waals surface area contributed by atoms with Gasteiger partial charge in [-0.2, -0.15) is 0 Å². The summed E-state index contributed by atoms with van der Waals surface area (Å²) in [5, 5.41) is 11.0. The lowest BCUT2D eigenvalue weighted by molar-refractivity contribution is -0.120. The second kappa shape index (κ2) is 10.3. The van der Waals surface area contributed by atoms with E-state index in [1.54, 1.807) is 18.2 Å². The van der Waals surface area contributed by atoms with Gasteiger partial charge in [0.15, 0.2) is 22.5 Å². The number of benzene rings is 1. The number of carbonyl (C=O) groups is 2. The van der Waals surface area contributed by atoms with Crippen LogP contribution in [0.2, 0.25) is 0 Å². The van der Waals surface area contributed by atoms with Crippen molar-refractivity contribution in [2.45, 2.75) is 69.5 Å². The van der Waals surface area contributed by atoms with Crippen molar-refractivity contribution in [2.24, 2.45) is 29.4 Å². The molecule has 184 valence electrons. The molecule has 2 bridgehead atoms. The first kappa shape index (κ1) is 24.5. The van der Waals surface area contributed by atoms with Gasteiger partial charge in [0.2, 0.25) is 5.91 Å². The van der Waals surface area contributed by atoms with Crippen LogP contribution in [-0.4, -0.2) is 32.0 Å². The molecule has 0 aliphatic heterocycles. The number of carbonyl (C=O) groups excluding carboxylic acids is 2. The fourth-order valence-electron chi connectivity index (χ4n) is 5.47. The number of urea groups is 1. The summed E-state index contributed by atoms with van der Waals surface area (Å²) in [6.45, 7) is 6.03.